The van der Waals surface area contributed by atoms with Crippen LogP contribution in [0.3, 0.4) is 0 Å². The number of ether oxygens (including phenoxy) is 3. The molecule has 162 valence electrons. The molecule has 0 amide bonds. The van der Waals surface area contributed by atoms with Crippen LogP contribution in [-0.2, 0) is 16.1 Å². The molecular weight excluding hydrogens is 390 g/mol. The summed E-state index contributed by atoms with van der Waals surface area (Å²) in [7, 11) is 5.83. The molecule has 0 unspecified atom stereocenters. The van der Waals surface area contributed by atoms with Gasteiger partial charge in [-0.1, -0.05) is 54.0 Å². The Bertz CT molecular complexity index is 923. The third kappa shape index (κ3) is 11.4. The molecule has 0 spiro atoms. The summed E-state index contributed by atoms with van der Waals surface area (Å²) < 4.78 is 17.0. The maximum Gasteiger partial charge on any atom is 0.361 e. The molecule has 2 rings (SSSR count). The van der Waals surface area contributed by atoms with E-state index in [4.69, 9.17) is 14.2 Å². The molecule has 0 aromatic heterocycles. The van der Waals surface area contributed by atoms with Crippen LogP contribution < -0.4 is 9.47 Å². The van der Waals surface area contributed by atoms with Crippen molar-refractivity contribution < 1.29 is 23.5 Å². The molecule has 5 nitrogen and oxygen atoms in total. The van der Waals surface area contributed by atoms with Gasteiger partial charge < -0.3 is 18.7 Å². The molecule has 0 bridgehead atoms. The summed E-state index contributed by atoms with van der Waals surface area (Å²) in [5, 5.41) is 0. The van der Waals surface area contributed by atoms with E-state index in [1.165, 1.54) is 0 Å². The average molecular weight is 421 g/mol. The van der Waals surface area contributed by atoms with Crippen LogP contribution in [0.5, 0.6) is 11.5 Å². The van der Waals surface area contributed by atoms with Crippen LogP contribution in [0, 0.1) is 23.7 Å². The van der Waals surface area contributed by atoms with Crippen LogP contribution in [0.4, 0.5) is 0 Å². The minimum absolute atomic E-state index is 0.206. The standard InChI is InChI=1S/C26H30NO4/c1-27(2,3)21-26(28)30-20-12-7-5-4-6-11-19-29-24-15-17-25(18-16-24)31-22-23-13-9-8-10-14-23/h8-10,13-18H,4,12,19-22H2,1-3H3/q+1. The zero-order valence-electron chi connectivity index (χ0n) is 18.5. The maximum atomic E-state index is 11.6. The third-order valence-corrected chi connectivity index (χ3v) is 3.90. The second-order valence-electron chi connectivity index (χ2n) is 7.84. The molecule has 0 fully saturated rings. The lowest BCUT2D eigenvalue weighted by Gasteiger charge is -2.22. The van der Waals surface area contributed by atoms with E-state index < -0.39 is 0 Å². The lowest BCUT2D eigenvalue weighted by molar-refractivity contribution is -0.862. The second kappa shape index (κ2) is 13.0. The van der Waals surface area contributed by atoms with E-state index >= 15 is 0 Å². The number of likely N-dealkylation sites (N-methyl/N-ethyl adjacent to an activating group) is 1. The molecule has 0 saturated carbocycles. The fourth-order valence-corrected chi connectivity index (χ4v) is 2.45. The number of hydrogen-bond acceptors (Lipinski definition) is 4. The predicted octanol–water partition coefficient (Wildman–Crippen LogP) is 3.68. The van der Waals surface area contributed by atoms with E-state index in [0.717, 1.165) is 17.1 Å². The van der Waals surface area contributed by atoms with E-state index in [0.29, 0.717) is 43.7 Å². The first-order valence-electron chi connectivity index (χ1n) is 10.2. The van der Waals surface area contributed by atoms with Gasteiger partial charge >= 0.3 is 5.97 Å². The second-order valence-corrected chi connectivity index (χ2v) is 7.84. The first kappa shape index (κ1) is 23.9. The van der Waals surface area contributed by atoms with Crippen molar-refractivity contribution in [3.63, 3.8) is 0 Å². The Labute approximate surface area is 185 Å². The maximum absolute atomic E-state index is 11.6. The minimum atomic E-state index is -0.206. The summed E-state index contributed by atoms with van der Waals surface area (Å²) in [5.74, 6) is 13.1. The van der Waals surface area contributed by atoms with Crippen LogP contribution in [0.1, 0.15) is 18.4 Å². The molecule has 0 aliphatic carbocycles. The number of carbonyl (C=O) groups is 1. The number of benzene rings is 2. The molecule has 0 radical (unpaired) electrons. The Morgan fingerprint density at radius 3 is 2.16 bits per heavy atom. The van der Waals surface area contributed by atoms with Crippen LogP contribution in [0.2, 0.25) is 0 Å². The molecule has 2 aromatic rings. The number of esters is 1. The minimum Gasteiger partial charge on any atom is -0.489 e. The quantitative estimate of drug-likeness (QED) is 0.269. The topological polar surface area (TPSA) is 44.8 Å². The van der Waals surface area contributed by atoms with Gasteiger partial charge in [0, 0.05) is 6.42 Å². The Morgan fingerprint density at radius 2 is 1.48 bits per heavy atom. The van der Waals surface area contributed by atoms with Gasteiger partial charge in [-0.25, -0.2) is 4.79 Å². The largest absolute Gasteiger partial charge is 0.489 e. The summed E-state index contributed by atoms with van der Waals surface area (Å²) in [6.45, 7) is 1.50. The number of nitrogens with zero attached hydrogens (tertiary/aromatic N) is 1. The number of carbonyl (C=O) groups excluding carboxylic acids is 1. The van der Waals surface area contributed by atoms with Crippen molar-refractivity contribution >= 4 is 5.97 Å². The Morgan fingerprint density at radius 1 is 0.839 bits per heavy atom. The zero-order chi connectivity index (χ0) is 22.4. The van der Waals surface area contributed by atoms with Gasteiger partial charge in [0.15, 0.2) is 6.54 Å². The molecule has 0 aliphatic heterocycles. The molecule has 5 heteroatoms. The highest BCUT2D eigenvalue weighted by Gasteiger charge is 2.14. The fraction of sp³-hybridized carbons (Fsp3) is 0.346. The molecule has 0 N–H and O–H groups in total. The van der Waals surface area contributed by atoms with Gasteiger partial charge in [0.2, 0.25) is 0 Å². The third-order valence-electron chi connectivity index (χ3n) is 3.90. The monoisotopic (exact) mass is 420 g/mol. The SMILES string of the molecule is C[N+](C)(C)CC(=O)OCCC#CCC#CCOc1ccc(OCc2ccccc2)cc1. The highest BCUT2D eigenvalue weighted by molar-refractivity contribution is 5.70. The summed E-state index contributed by atoms with van der Waals surface area (Å²) >= 11 is 0. The summed E-state index contributed by atoms with van der Waals surface area (Å²) in [6.07, 6.45) is 0.974. The molecule has 0 saturated heterocycles. The number of hydrogen-bond donors (Lipinski definition) is 0. The van der Waals surface area contributed by atoms with E-state index in [1.54, 1.807) is 0 Å². The van der Waals surface area contributed by atoms with Crippen molar-refractivity contribution in [2.75, 3.05) is 40.9 Å². The van der Waals surface area contributed by atoms with Gasteiger partial charge in [0.25, 0.3) is 0 Å². The summed E-state index contributed by atoms with van der Waals surface area (Å²) in [5.41, 5.74) is 1.13. The molecule has 0 heterocycles. The lowest BCUT2D eigenvalue weighted by Crippen LogP contribution is -2.40. The van der Waals surface area contributed by atoms with E-state index in [2.05, 4.69) is 23.7 Å². The van der Waals surface area contributed by atoms with Crippen LogP contribution in [0.25, 0.3) is 0 Å². The van der Waals surface area contributed by atoms with Crippen molar-refractivity contribution in [1.82, 2.24) is 0 Å². The van der Waals surface area contributed by atoms with Crippen molar-refractivity contribution in [3.05, 3.63) is 60.2 Å². The first-order chi connectivity index (χ1) is 14.9. The van der Waals surface area contributed by atoms with Crippen molar-refractivity contribution in [1.29, 1.82) is 0 Å². The normalized spacial score (nSPS) is 10.2. The van der Waals surface area contributed by atoms with Crippen LogP contribution >= 0.6 is 0 Å². The Kier molecular flexibility index (Phi) is 10.0. The molecule has 2 aromatic carbocycles. The van der Waals surface area contributed by atoms with Gasteiger partial charge in [-0.3, -0.25) is 0 Å². The average Bonchev–Trinajstić information content (AvgIpc) is 2.74. The van der Waals surface area contributed by atoms with Gasteiger partial charge in [-0.15, -0.1) is 0 Å². The van der Waals surface area contributed by atoms with E-state index in [1.807, 2.05) is 75.7 Å². The van der Waals surface area contributed by atoms with Crippen molar-refractivity contribution in [2.45, 2.75) is 19.4 Å². The van der Waals surface area contributed by atoms with Crippen molar-refractivity contribution in [2.24, 2.45) is 0 Å². The van der Waals surface area contributed by atoms with Crippen molar-refractivity contribution in [3.8, 4) is 35.2 Å². The van der Waals surface area contributed by atoms with Gasteiger partial charge in [-0.05, 0) is 29.8 Å². The molecule has 31 heavy (non-hydrogen) atoms. The fourth-order valence-electron chi connectivity index (χ4n) is 2.45. The summed E-state index contributed by atoms with van der Waals surface area (Å²) in [6, 6.07) is 17.5. The number of rotatable bonds is 9. The zero-order valence-corrected chi connectivity index (χ0v) is 18.5. The van der Waals surface area contributed by atoms with Gasteiger partial charge in [0.05, 0.1) is 27.6 Å². The van der Waals surface area contributed by atoms with Crippen LogP contribution in [0.15, 0.2) is 54.6 Å². The Hall–Kier alpha value is -3.41. The molecular formula is C26H30NO4+. The Balaban J connectivity index is 1.58. The first-order valence-corrected chi connectivity index (χ1v) is 10.2. The van der Waals surface area contributed by atoms with E-state index in [-0.39, 0.29) is 5.97 Å². The highest BCUT2D eigenvalue weighted by Crippen LogP contribution is 2.18. The van der Waals surface area contributed by atoms with Gasteiger partial charge in [-0.2, -0.15) is 0 Å². The van der Waals surface area contributed by atoms with E-state index in [9.17, 15) is 4.79 Å². The smallest absolute Gasteiger partial charge is 0.361 e. The predicted molar refractivity (Wildman–Crippen MR) is 121 cm³/mol. The molecule has 0 atom stereocenters. The lowest BCUT2D eigenvalue weighted by atomic mass is 10.2. The van der Waals surface area contributed by atoms with Gasteiger partial charge in [0.1, 0.15) is 31.3 Å². The molecule has 0 aliphatic rings. The number of quaternary nitrogens is 1. The van der Waals surface area contributed by atoms with Crippen LogP contribution in [-0.4, -0.2) is 51.4 Å². The highest BCUT2D eigenvalue weighted by atomic mass is 16.5. The summed E-state index contributed by atoms with van der Waals surface area (Å²) in [4.78, 5) is 11.6.